The molecule has 0 N–H and O–H groups in total. The molecule has 268 valence electrons. The molecule has 0 fully saturated rings. The molecule has 0 aliphatic rings. The first kappa shape index (κ1) is 32.8. The van der Waals surface area contributed by atoms with Crippen LogP contribution in [0.5, 0.6) is 0 Å². The van der Waals surface area contributed by atoms with E-state index in [0.29, 0.717) is 0 Å². The van der Waals surface area contributed by atoms with Crippen molar-refractivity contribution in [1.82, 2.24) is 4.57 Å². The van der Waals surface area contributed by atoms with Crippen LogP contribution in [0.3, 0.4) is 0 Å². The van der Waals surface area contributed by atoms with E-state index < -0.39 is 0 Å². The van der Waals surface area contributed by atoms with Crippen molar-refractivity contribution in [3.05, 3.63) is 218 Å². The predicted molar refractivity (Wildman–Crippen MR) is 239 cm³/mol. The quantitative estimate of drug-likeness (QED) is 0.163. The minimum absolute atomic E-state index is 0.867. The molecule has 11 rings (SSSR count). The topological polar surface area (TPSA) is 21.3 Å². The van der Waals surface area contributed by atoms with Gasteiger partial charge < -0.3 is 13.9 Å². The number of para-hydroxylation sites is 4. The van der Waals surface area contributed by atoms with Crippen LogP contribution in [0.1, 0.15) is 0 Å². The van der Waals surface area contributed by atoms with Crippen LogP contribution >= 0.6 is 0 Å². The van der Waals surface area contributed by atoms with Crippen LogP contribution in [0.15, 0.2) is 223 Å². The molecule has 0 radical (unpaired) electrons. The third-order valence-corrected chi connectivity index (χ3v) is 11.2. The molecular formula is C54H36N2O. The van der Waals surface area contributed by atoms with Crippen molar-refractivity contribution < 1.29 is 4.42 Å². The lowest BCUT2D eigenvalue weighted by Crippen LogP contribution is -2.10. The van der Waals surface area contributed by atoms with Crippen LogP contribution < -0.4 is 4.90 Å². The van der Waals surface area contributed by atoms with E-state index in [4.69, 9.17) is 4.42 Å². The average Bonchev–Trinajstić information content (AvgIpc) is 3.83. The second-order valence-electron chi connectivity index (χ2n) is 14.5. The monoisotopic (exact) mass is 728 g/mol. The lowest BCUT2D eigenvalue weighted by atomic mass is 9.93. The van der Waals surface area contributed by atoms with Crippen molar-refractivity contribution in [1.29, 1.82) is 0 Å². The van der Waals surface area contributed by atoms with E-state index in [2.05, 4.69) is 222 Å². The molecule has 3 nitrogen and oxygen atoms in total. The van der Waals surface area contributed by atoms with Crippen molar-refractivity contribution in [2.45, 2.75) is 0 Å². The minimum Gasteiger partial charge on any atom is -0.456 e. The van der Waals surface area contributed by atoms with E-state index >= 15 is 0 Å². The molecule has 0 unspecified atom stereocenters. The van der Waals surface area contributed by atoms with E-state index in [-0.39, 0.29) is 0 Å². The number of furan rings is 1. The van der Waals surface area contributed by atoms with Gasteiger partial charge in [0.25, 0.3) is 0 Å². The van der Waals surface area contributed by atoms with E-state index in [1.54, 1.807) is 0 Å². The summed E-state index contributed by atoms with van der Waals surface area (Å²) in [5.74, 6) is 0. The Morgan fingerprint density at radius 2 is 0.912 bits per heavy atom. The Hall–Kier alpha value is -7.62. The third kappa shape index (κ3) is 5.51. The Labute approximate surface area is 330 Å². The molecule has 57 heavy (non-hydrogen) atoms. The number of anilines is 3. The Bertz CT molecular complexity index is 3160. The first-order valence-corrected chi connectivity index (χ1v) is 19.4. The van der Waals surface area contributed by atoms with Crippen LogP contribution in [0.4, 0.5) is 17.1 Å². The van der Waals surface area contributed by atoms with Crippen molar-refractivity contribution in [2.75, 3.05) is 4.90 Å². The maximum absolute atomic E-state index is 6.74. The molecule has 0 saturated carbocycles. The van der Waals surface area contributed by atoms with Gasteiger partial charge in [-0.15, -0.1) is 0 Å². The highest BCUT2D eigenvalue weighted by Gasteiger charge is 2.25. The van der Waals surface area contributed by atoms with Gasteiger partial charge in [0.2, 0.25) is 0 Å². The summed E-state index contributed by atoms with van der Waals surface area (Å²) in [6, 6.07) is 78.0. The second kappa shape index (κ2) is 13.6. The largest absolute Gasteiger partial charge is 0.456 e. The van der Waals surface area contributed by atoms with Gasteiger partial charge >= 0.3 is 0 Å². The van der Waals surface area contributed by atoms with E-state index in [1.165, 1.54) is 27.5 Å². The van der Waals surface area contributed by atoms with Gasteiger partial charge in [0.1, 0.15) is 11.2 Å². The number of rotatable bonds is 7. The van der Waals surface area contributed by atoms with Crippen LogP contribution in [0, 0.1) is 0 Å². The Morgan fingerprint density at radius 1 is 0.368 bits per heavy atom. The smallest absolute Gasteiger partial charge is 0.138 e. The van der Waals surface area contributed by atoms with Crippen molar-refractivity contribution >= 4 is 60.8 Å². The molecule has 9 aromatic carbocycles. The van der Waals surface area contributed by atoms with Crippen LogP contribution in [-0.2, 0) is 0 Å². The number of hydrogen-bond acceptors (Lipinski definition) is 2. The lowest BCUT2D eigenvalue weighted by molar-refractivity contribution is 0.669. The van der Waals surface area contributed by atoms with Crippen molar-refractivity contribution in [3.63, 3.8) is 0 Å². The fraction of sp³-hybridized carbons (Fsp3) is 0. The molecule has 0 spiro atoms. The molecule has 3 heteroatoms. The standard InChI is InChI=1S/C54H36N2O/c1-5-17-37(18-6-1)38-31-33-39(34-32-38)45-28-16-29-47-52-48(36-50-53(46-27-13-14-30-49(46)57-50)51(52)40-19-7-2-8-20-40)56(54(45)47)44-26-15-25-43(35-44)55(41-21-9-3-10-22-41)42-23-11-4-12-24-42/h1-36H. The van der Waals surface area contributed by atoms with Gasteiger partial charge in [0, 0.05) is 61.5 Å². The predicted octanol–water partition coefficient (Wildman–Crippen LogP) is 15.2. The summed E-state index contributed by atoms with van der Waals surface area (Å²) in [6.07, 6.45) is 0. The van der Waals surface area contributed by atoms with Gasteiger partial charge in [-0.2, -0.15) is 0 Å². The fourth-order valence-corrected chi connectivity index (χ4v) is 8.67. The van der Waals surface area contributed by atoms with E-state index in [9.17, 15) is 0 Å². The molecular weight excluding hydrogens is 693 g/mol. The molecule has 0 atom stereocenters. The van der Waals surface area contributed by atoms with Gasteiger partial charge in [0.05, 0.1) is 11.0 Å². The summed E-state index contributed by atoms with van der Waals surface area (Å²) in [5.41, 5.74) is 15.4. The zero-order valence-corrected chi connectivity index (χ0v) is 31.1. The van der Waals surface area contributed by atoms with Crippen LogP contribution in [0.25, 0.3) is 82.8 Å². The maximum atomic E-state index is 6.74. The summed E-state index contributed by atoms with van der Waals surface area (Å²) in [5, 5.41) is 4.64. The zero-order chi connectivity index (χ0) is 37.7. The summed E-state index contributed by atoms with van der Waals surface area (Å²) >= 11 is 0. The summed E-state index contributed by atoms with van der Waals surface area (Å²) in [4.78, 5) is 2.33. The lowest BCUT2D eigenvalue weighted by Gasteiger charge is -2.26. The summed E-state index contributed by atoms with van der Waals surface area (Å²) < 4.78 is 9.20. The van der Waals surface area contributed by atoms with E-state index in [1.807, 2.05) is 6.07 Å². The van der Waals surface area contributed by atoms with Gasteiger partial charge in [-0.1, -0.05) is 164 Å². The maximum Gasteiger partial charge on any atom is 0.138 e. The van der Waals surface area contributed by atoms with Gasteiger partial charge in [-0.3, -0.25) is 0 Å². The molecule has 11 aromatic rings. The number of aromatic nitrogens is 1. The van der Waals surface area contributed by atoms with Crippen molar-refractivity contribution in [3.8, 4) is 39.1 Å². The minimum atomic E-state index is 0.867. The molecule has 0 aliphatic heterocycles. The van der Waals surface area contributed by atoms with Gasteiger partial charge in [-0.25, -0.2) is 0 Å². The molecule has 2 aromatic heterocycles. The number of benzene rings is 9. The highest BCUT2D eigenvalue weighted by molar-refractivity contribution is 6.28. The molecule has 2 heterocycles. The first-order valence-electron chi connectivity index (χ1n) is 19.4. The SMILES string of the molecule is c1ccc(-c2ccc(-c3cccc4c5c(-c6ccccc6)c6c(cc5n(-c5cccc(N(c7ccccc7)c7ccccc7)c5)c34)oc3ccccc36)cc2)cc1. The van der Waals surface area contributed by atoms with Gasteiger partial charge in [-0.05, 0) is 70.8 Å². The number of fused-ring (bicyclic) bond motifs is 6. The average molecular weight is 729 g/mol. The fourth-order valence-electron chi connectivity index (χ4n) is 8.67. The van der Waals surface area contributed by atoms with Crippen molar-refractivity contribution in [2.24, 2.45) is 0 Å². The molecule has 0 aliphatic carbocycles. The zero-order valence-electron chi connectivity index (χ0n) is 31.1. The Morgan fingerprint density at radius 3 is 1.61 bits per heavy atom. The second-order valence-corrected chi connectivity index (χ2v) is 14.5. The number of nitrogens with zero attached hydrogens (tertiary/aromatic N) is 2. The first-order chi connectivity index (χ1) is 28.3. The normalized spacial score (nSPS) is 11.5. The Kier molecular flexibility index (Phi) is 7.82. The molecule has 0 amide bonds. The van der Waals surface area contributed by atoms with Gasteiger partial charge in [0.15, 0.2) is 0 Å². The summed E-state index contributed by atoms with van der Waals surface area (Å²) in [6.45, 7) is 0. The Balaban J connectivity index is 1.24. The third-order valence-electron chi connectivity index (χ3n) is 11.2. The van der Waals surface area contributed by atoms with Crippen LogP contribution in [0.2, 0.25) is 0 Å². The molecule has 0 saturated heterocycles. The van der Waals surface area contributed by atoms with Crippen LogP contribution in [-0.4, -0.2) is 4.57 Å². The highest BCUT2D eigenvalue weighted by Crippen LogP contribution is 2.48. The summed E-state index contributed by atoms with van der Waals surface area (Å²) in [7, 11) is 0. The molecule has 0 bridgehead atoms. The van der Waals surface area contributed by atoms with E-state index in [0.717, 1.165) is 72.4 Å². The highest BCUT2D eigenvalue weighted by atomic mass is 16.3. The number of hydrogen-bond donors (Lipinski definition) is 0.